The van der Waals surface area contributed by atoms with Gasteiger partial charge in [0.15, 0.2) is 0 Å². The molecule has 3 aliphatic heterocycles. The molecule has 8 heteroatoms. The number of aryl methyl sites for hydroxylation is 1. The highest BCUT2D eigenvalue weighted by Gasteiger charge is 2.55. The molecule has 5 rings (SSSR count). The molecule has 124 valence electrons. The molecule has 7 nitrogen and oxygen atoms in total. The van der Waals surface area contributed by atoms with E-state index in [4.69, 9.17) is 0 Å². The molecule has 0 bridgehead atoms. The summed E-state index contributed by atoms with van der Waals surface area (Å²) in [6.45, 7) is 4.14. The predicted molar refractivity (Wildman–Crippen MR) is 87.9 cm³/mol. The van der Waals surface area contributed by atoms with Crippen LogP contribution < -0.4 is 21.8 Å². The largest absolute Gasteiger partial charge is 0.355 e. The third-order valence-electron chi connectivity index (χ3n) is 5.92. The Labute approximate surface area is 139 Å². The number of nitrogens with one attached hydrogen (secondary N) is 4. The molecule has 3 fully saturated rings. The third-order valence-corrected chi connectivity index (χ3v) is 7.06. The van der Waals surface area contributed by atoms with Crippen molar-refractivity contribution in [3.8, 4) is 0 Å². The first-order chi connectivity index (χ1) is 11.2. The van der Waals surface area contributed by atoms with Crippen LogP contribution in [0.3, 0.4) is 0 Å². The summed E-state index contributed by atoms with van der Waals surface area (Å²) in [6, 6.07) is 0. The van der Waals surface area contributed by atoms with E-state index in [1.807, 2.05) is 17.1 Å². The molecule has 1 aromatic heterocycles. The minimum absolute atomic E-state index is 0.0446. The van der Waals surface area contributed by atoms with Crippen LogP contribution in [0, 0.1) is 25.7 Å². The van der Waals surface area contributed by atoms with Gasteiger partial charge in [0.1, 0.15) is 17.3 Å². The number of hydrazine groups is 4. The molecule has 2 saturated heterocycles. The fourth-order valence-corrected chi connectivity index (χ4v) is 5.77. The van der Waals surface area contributed by atoms with Crippen molar-refractivity contribution in [1.29, 1.82) is 0 Å². The highest BCUT2D eigenvalue weighted by atomic mass is 32.1. The van der Waals surface area contributed by atoms with Crippen LogP contribution in [0.2, 0.25) is 0 Å². The zero-order chi connectivity index (χ0) is 15.7. The molecule has 4 heterocycles. The van der Waals surface area contributed by atoms with Gasteiger partial charge in [-0.05, 0) is 38.2 Å². The van der Waals surface area contributed by atoms with Crippen molar-refractivity contribution in [2.75, 3.05) is 5.32 Å². The zero-order valence-corrected chi connectivity index (χ0v) is 14.2. The molecule has 1 saturated carbocycles. The first-order valence-electron chi connectivity index (χ1n) is 8.42. The molecule has 1 aromatic rings. The monoisotopic (exact) mass is 334 g/mol. The van der Waals surface area contributed by atoms with Gasteiger partial charge in [-0.15, -0.1) is 16.5 Å². The van der Waals surface area contributed by atoms with E-state index in [2.05, 4.69) is 28.7 Å². The Bertz CT molecular complexity index is 675. The lowest BCUT2D eigenvalue weighted by Crippen LogP contribution is -2.71. The number of hydrogen-bond acceptors (Lipinski definition) is 7. The van der Waals surface area contributed by atoms with E-state index >= 15 is 0 Å². The predicted octanol–water partition coefficient (Wildman–Crippen LogP) is 1.45. The number of thiophene rings is 1. The fourth-order valence-electron chi connectivity index (χ4n) is 4.69. The van der Waals surface area contributed by atoms with E-state index in [0.29, 0.717) is 11.8 Å². The van der Waals surface area contributed by atoms with Gasteiger partial charge in [0, 0.05) is 10.8 Å². The lowest BCUT2D eigenvalue weighted by atomic mass is 9.74. The van der Waals surface area contributed by atoms with Crippen molar-refractivity contribution >= 4 is 22.2 Å². The summed E-state index contributed by atoms with van der Waals surface area (Å²) < 4.78 is 0. The van der Waals surface area contributed by atoms with Gasteiger partial charge in [-0.1, -0.05) is 12.8 Å². The molecule has 4 aliphatic rings. The van der Waals surface area contributed by atoms with Crippen LogP contribution >= 0.6 is 11.3 Å². The molecular weight excluding hydrogens is 312 g/mol. The Balaban J connectivity index is 1.62. The average Bonchev–Trinajstić information content (AvgIpc) is 3.13. The van der Waals surface area contributed by atoms with E-state index < -0.39 is 0 Å². The van der Waals surface area contributed by atoms with Crippen LogP contribution in [0.5, 0.6) is 0 Å². The average molecular weight is 334 g/mol. The van der Waals surface area contributed by atoms with Crippen molar-refractivity contribution in [3.63, 3.8) is 0 Å². The number of anilines is 1. The summed E-state index contributed by atoms with van der Waals surface area (Å²) in [4.78, 5) is 14.5. The third kappa shape index (κ3) is 1.81. The molecule has 4 N–H and O–H groups in total. The van der Waals surface area contributed by atoms with Crippen molar-refractivity contribution in [1.82, 2.24) is 26.6 Å². The van der Waals surface area contributed by atoms with Gasteiger partial charge >= 0.3 is 0 Å². The van der Waals surface area contributed by atoms with Gasteiger partial charge < -0.3 is 5.32 Å². The number of hydrogen-bond donors (Lipinski definition) is 4. The number of fused-ring (bicyclic) bond motifs is 7. The lowest BCUT2D eigenvalue weighted by Gasteiger charge is -2.54. The van der Waals surface area contributed by atoms with E-state index in [0.717, 1.165) is 16.1 Å². The van der Waals surface area contributed by atoms with Crippen molar-refractivity contribution in [3.05, 3.63) is 16.0 Å². The smallest absolute Gasteiger partial charge is 0.274 e. The van der Waals surface area contributed by atoms with E-state index in [1.54, 1.807) is 11.3 Å². The number of nitrogens with zero attached hydrogens (tertiary/aromatic N) is 2. The second-order valence-corrected chi connectivity index (χ2v) is 8.23. The Morgan fingerprint density at radius 1 is 1.13 bits per heavy atom. The van der Waals surface area contributed by atoms with Crippen LogP contribution in [0.25, 0.3) is 0 Å². The van der Waals surface area contributed by atoms with Crippen LogP contribution in [0.15, 0.2) is 0 Å². The normalized spacial score (nSPS) is 36.1. The first kappa shape index (κ1) is 14.2. The summed E-state index contributed by atoms with van der Waals surface area (Å²) in [6.07, 6.45) is 5.09. The van der Waals surface area contributed by atoms with Crippen LogP contribution in [0.4, 0.5) is 5.00 Å². The van der Waals surface area contributed by atoms with Gasteiger partial charge in [-0.2, -0.15) is 11.1 Å². The Morgan fingerprint density at radius 3 is 2.65 bits per heavy atom. The topological polar surface area (TPSA) is 71.7 Å². The molecule has 4 unspecified atom stereocenters. The van der Waals surface area contributed by atoms with Crippen LogP contribution in [-0.2, 0) is 0 Å². The van der Waals surface area contributed by atoms with Gasteiger partial charge in [0.05, 0.1) is 5.56 Å². The van der Waals surface area contributed by atoms with E-state index in [1.165, 1.54) is 30.6 Å². The van der Waals surface area contributed by atoms with E-state index in [9.17, 15) is 4.79 Å². The number of carbonyl (C=O) groups is 1. The standard InChI is InChI=1S/C15H22N6OS/c1-7-8(2)23-14-11(7)15(22)20-12(16-14)9-5-3-4-6-10(9)13-17-18-19-21(13)20/h9-10,12-13,16-19H,3-6H2,1-2H3. The molecule has 23 heavy (non-hydrogen) atoms. The summed E-state index contributed by atoms with van der Waals surface area (Å²) in [5, 5.41) is 8.59. The molecule has 4 atom stereocenters. The van der Waals surface area contributed by atoms with Crippen molar-refractivity contribution in [2.45, 2.75) is 51.9 Å². The maximum absolute atomic E-state index is 13.3. The Hall–Kier alpha value is -1.19. The highest BCUT2D eigenvalue weighted by Crippen LogP contribution is 2.47. The summed E-state index contributed by atoms with van der Waals surface area (Å²) in [5.41, 5.74) is 11.4. The van der Waals surface area contributed by atoms with Crippen molar-refractivity contribution < 1.29 is 4.79 Å². The maximum atomic E-state index is 13.3. The number of amides is 1. The van der Waals surface area contributed by atoms with Gasteiger partial charge in [0.25, 0.3) is 5.91 Å². The van der Waals surface area contributed by atoms with Crippen LogP contribution in [0.1, 0.15) is 46.5 Å². The second-order valence-electron chi connectivity index (χ2n) is 7.01. The lowest BCUT2D eigenvalue weighted by molar-refractivity contribution is -0.157. The Morgan fingerprint density at radius 2 is 1.87 bits per heavy atom. The molecule has 0 aromatic carbocycles. The van der Waals surface area contributed by atoms with Gasteiger partial charge in [-0.25, -0.2) is 10.4 Å². The van der Waals surface area contributed by atoms with Crippen LogP contribution in [-0.4, -0.2) is 28.4 Å². The Kier molecular flexibility index (Phi) is 3.02. The molecular formula is C15H22N6OS. The second kappa shape index (κ2) is 4.90. The fraction of sp³-hybridized carbons (Fsp3) is 0.667. The molecule has 1 amide bonds. The summed E-state index contributed by atoms with van der Waals surface area (Å²) in [7, 11) is 0. The SMILES string of the molecule is Cc1sc2c(c1C)C(=O)N1C(N2)C2CCCCC2C2NNNN21. The molecule has 0 radical (unpaired) electrons. The zero-order valence-electron chi connectivity index (χ0n) is 13.3. The quantitative estimate of drug-likeness (QED) is 0.576. The highest BCUT2D eigenvalue weighted by molar-refractivity contribution is 7.16. The minimum Gasteiger partial charge on any atom is -0.355 e. The summed E-state index contributed by atoms with van der Waals surface area (Å²) in [5.74, 6) is 1.13. The molecule has 0 spiro atoms. The number of carbonyl (C=O) groups excluding carboxylic acids is 1. The van der Waals surface area contributed by atoms with Gasteiger partial charge in [0.2, 0.25) is 0 Å². The number of rotatable bonds is 0. The molecule has 1 aliphatic carbocycles. The maximum Gasteiger partial charge on any atom is 0.274 e. The van der Waals surface area contributed by atoms with Crippen molar-refractivity contribution in [2.24, 2.45) is 11.8 Å². The first-order valence-corrected chi connectivity index (χ1v) is 9.24. The van der Waals surface area contributed by atoms with E-state index in [-0.39, 0.29) is 18.2 Å². The van der Waals surface area contributed by atoms with Gasteiger partial charge in [-0.3, -0.25) is 4.79 Å². The summed E-state index contributed by atoms with van der Waals surface area (Å²) >= 11 is 1.71. The minimum atomic E-state index is 0.0446.